The van der Waals surface area contributed by atoms with Gasteiger partial charge in [-0.15, -0.1) is 0 Å². The molecule has 0 fully saturated rings. The van der Waals surface area contributed by atoms with E-state index in [9.17, 15) is 19.4 Å². The van der Waals surface area contributed by atoms with Crippen LogP contribution in [0.2, 0.25) is 0 Å². The van der Waals surface area contributed by atoms with Gasteiger partial charge in [-0.25, -0.2) is 0 Å². The van der Waals surface area contributed by atoms with Crippen LogP contribution in [-0.2, 0) is 18.4 Å². The van der Waals surface area contributed by atoms with Crippen LogP contribution in [0.5, 0.6) is 0 Å². The molecule has 8 nitrogen and oxygen atoms in total. The Balaban J connectivity index is 4.43. The number of nitrogens with zero attached hydrogens (tertiary/aromatic N) is 1. The zero-order valence-electron chi connectivity index (χ0n) is 34.2. The van der Waals surface area contributed by atoms with Crippen molar-refractivity contribution in [1.29, 1.82) is 0 Å². The van der Waals surface area contributed by atoms with E-state index >= 15 is 0 Å². The minimum absolute atomic E-state index is 0.0000493. The van der Waals surface area contributed by atoms with Crippen molar-refractivity contribution >= 4 is 13.7 Å². The summed E-state index contributed by atoms with van der Waals surface area (Å²) in [6.07, 6.45) is 42.7. The Kier molecular flexibility index (Phi) is 34.1. The van der Waals surface area contributed by atoms with Gasteiger partial charge in [0.1, 0.15) is 13.2 Å². The van der Waals surface area contributed by atoms with Crippen molar-refractivity contribution in [3.63, 3.8) is 0 Å². The summed E-state index contributed by atoms with van der Waals surface area (Å²) >= 11 is 0. The van der Waals surface area contributed by atoms with E-state index in [0.717, 1.165) is 44.9 Å². The van der Waals surface area contributed by atoms with Gasteiger partial charge in [-0.3, -0.25) is 9.36 Å². The summed E-state index contributed by atoms with van der Waals surface area (Å²) in [5.74, 6) is -0.223. The van der Waals surface area contributed by atoms with Crippen molar-refractivity contribution in [2.75, 3.05) is 40.9 Å². The Bertz CT molecular complexity index is 991. The first-order chi connectivity index (χ1) is 25.0. The maximum atomic E-state index is 12.8. The van der Waals surface area contributed by atoms with E-state index in [1.54, 1.807) is 0 Å². The molecule has 0 saturated heterocycles. The molecule has 0 aromatic rings. The molecule has 1 amide bonds. The molecule has 0 bridgehead atoms. The van der Waals surface area contributed by atoms with E-state index in [4.69, 9.17) is 9.05 Å². The minimum atomic E-state index is -4.57. The standard InChI is InChI=1S/C43H81N2O6P/c1-6-8-10-12-14-16-17-18-19-20-21-22-23-24-25-26-27-29-31-33-35-37-43(47)44-41(40-51-52(48,49)50-39-38-45(3,4)5)42(46)36-34-32-30-28-15-13-11-9-7-2/h19-20,22-23,25-26,29,31,41-42,46H,6-18,21,24,27-28,30,32-40H2,1-5H3,(H-,44,47,48,49)/b20-19+,23-22+,26-25+,31-29+/t41-,42+/m0/s1. The van der Waals surface area contributed by atoms with Gasteiger partial charge in [0, 0.05) is 6.42 Å². The Morgan fingerprint density at radius 2 is 1.12 bits per heavy atom. The lowest BCUT2D eigenvalue weighted by Gasteiger charge is -2.30. The van der Waals surface area contributed by atoms with Gasteiger partial charge in [0.25, 0.3) is 7.82 Å². The first kappa shape index (κ1) is 50.5. The van der Waals surface area contributed by atoms with Gasteiger partial charge < -0.3 is 28.8 Å². The number of carbonyl (C=O) groups is 1. The van der Waals surface area contributed by atoms with E-state index in [1.807, 2.05) is 21.1 Å². The molecule has 0 aromatic carbocycles. The molecule has 0 saturated carbocycles. The molecule has 0 heterocycles. The molecule has 52 heavy (non-hydrogen) atoms. The number of rotatable bonds is 37. The van der Waals surface area contributed by atoms with Gasteiger partial charge in [0.05, 0.1) is 39.9 Å². The quantitative estimate of drug-likeness (QED) is 0.0283. The lowest BCUT2D eigenvalue weighted by Crippen LogP contribution is -2.46. The van der Waals surface area contributed by atoms with Gasteiger partial charge >= 0.3 is 0 Å². The molecule has 2 N–H and O–H groups in total. The average molecular weight is 753 g/mol. The van der Waals surface area contributed by atoms with Gasteiger partial charge in [-0.1, -0.05) is 159 Å². The van der Waals surface area contributed by atoms with Crippen molar-refractivity contribution in [2.24, 2.45) is 0 Å². The Hall–Kier alpha value is -1.54. The van der Waals surface area contributed by atoms with Crippen LogP contribution in [0.1, 0.15) is 168 Å². The molecule has 0 aliphatic heterocycles. The number of allylic oxidation sites excluding steroid dienone is 8. The first-order valence-corrected chi connectivity index (χ1v) is 22.4. The minimum Gasteiger partial charge on any atom is -0.756 e. The van der Waals surface area contributed by atoms with E-state index in [-0.39, 0.29) is 25.5 Å². The van der Waals surface area contributed by atoms with Crippen molar-refractivity contribution in [3.8, 4) is 0 Å². The molecule has 0 spiro atoms. The van der Waals surface area contributed by atoms with Crippen molar-refractivity contribution in [1.82, 2.24) is 5.32 Å². The summed E-state index contributed by atoms with van der Waals surface area (Å²) in [7, 11) is 1.26. The number of nitrogens with one attached hydrogen (secondary N) is 1. The SMILES string of the molecule is CCCCCCCCC/C=C/C/C=C/C/C=C/C/C=C/CCCC(=O)N[C@@H](COP(=O)([O-])OCC[N+](C)(C)C)[C@H](O)CCCCCCCCCCC. The molecule has 1 unspecified atom stereocenters. The first-order valence-electron chi connectivity index (χ1n) is 21.0. The smallest absolute Gasteiger partial charge is 0.268 e. The molecule has 0 aliphatic rings. The second-order valence-electron chi connectivity index (χ2n) is 15.3. The summed E-state index contributed by atoms with van der Waals surface area (Å²) < 4.78 is 23.1. The number of hydrogen-bond donors (Lipinski definition) is 2. The molecule has 0 aromatic heterocycles. The maximum absolute atomic E-state index is 12.8. The van der Waals surface area contributed by atoms with Gasteiger partial charge in [0.15, 0.2) is 0 Å². The van der Waals surface area contributed by atoms with Crippen LogP contribution in [0.15, 0.2) is 48.6 Å². The van der Waals surface area contributed by atoms with E-state index in [0.29, 0.717) is 23.9 Å². The van der Waals surface area contributed by atoms with E-state index in [2.05, 4.69) is 67.8 Å². The monoisotopic (exact) mass is 753 g/mol. The highest BCUT2D eigenvalue weighted by atomic mass is 31.2. The summed E-state index contributed by atoms with van der Waals surface area (Å²) in [4.78, 5) is 25.2. The fourth-order valence-corrected chi connectivity index (χ4v) is 6.40. The average Bonchev–Trinajstić information content (AvgIpc) is 3.09. The van der Waals surface area contributed by atoms with Crippen LogP contribution in [-0.4, -0.2) is 68.5 Å². The normalized spacial score (nSPS) is 15.0. The van der Waals surface area contributed by atoms with Gasteiger partial charge in [0.2, 0.25) is 5.91 Å². The highest BCUT2D eigenvalue weighted by Gasteiger charge is 2.24. The molecular weight excluding hydrogens is 671 g/mol. The van der Waals surface area contributed by atoms with Gasteiger partial charge in [-0.2, -0.15) is 0 Å². The number of quaternary nitrogens is 1. The van der Waals surface area contributed by atoms with Crippen LogP contribution < -0.4 is 10.2 Å². The zero-order chi connectivity index (χ0) is 38.6. The van der Waals surface area contributed by atoms with Gasteiger partial charge in [-0.05, 0) is 51.4 Å². The Morgan fingerprint density at radius 3 is 1.62 bits per heavy atom. The number of hydrogen-bond acceptors (Lipinski definition) is 6. The van der Waals surface area contributed by atoms with Crippen molar-refractivity contribution < 1.29 is 32.9 Å². The fourth-order valence-electron chi connectivity index (χ4n) is 5.68. The number of aliphatic hydroxyl groups excluding tert-OH is 1. The summed E-state index contributed by atoms with van der Waals surface area (Å²) in [5.41, 5.74) is 0. The fraction of sp³-hybridized carbons (Fsp3) is 0.791. The largest absolute Gasteiger partial charge is 0.756 e. The number of aliphatic hydroxyl groups is 1. The topological polar surface area (TPSA) is 108 Å². The van der Waals surface area contributed by atoms with Crippen LogP contribution in [0.25, 0.3) is 0 Å². The predicted octanol–water partition coefficient (Wildman–Crippen LogP) is 10.7. The van der Waals surface area contributed by atoms with Crippen molar-refractivity contribution in [3.05, 3.63) is 48.6 Å². The molecule has 9 heteroatoms. The summed E-state index contributed by atoms with van der Waals surface area (Å²) in [6.45, 7) is 4.62. The second-order valence-corrected chi connectivity index (χ2v) is 16.8. The van der Waals surface area contributed by atoms with E-state index < -0.39 is 20.0 Å². The Labute approximate surface area is 320 Å². The van der Waals surface area contributed by atoms with Crippen LogP contribution in [0.3, 0.4) is 0 Å². The van der Waals surface area contributed by atoms with E-state index in [1.165, 1.54) is 89.9 Å². The second kappa shape index (κ2) is 35.2. The van der Waals surface area contributed by atoms with Crippen molar-refractivity contribution in [2.45, 2.75) is 180 Å². The number of likely N-dealkylation sites (N-methyl/N-ethyl adjacent to an activating group) is 1. The summed E-state index contributed by atoms with van der Waals surface area (Å²) in [5, 5.41) is 13.8. The lowest BCUT2D eigenvalue weighted by molar-refractivity contribution is -0.870. The van der Waals surface area contributed by atoms with Crippen LogP contribution in [0.4, 0.5) is 0 Å². The summed E-state index contributed by atoms with van der Waals surface area (Å²) in [6, 6.07) is -0.827. The molecule has 0 radical (unpaired) electrons. The third-order valence-corrected chi connectivity index (χ3v) is 10.0. The van der Waals surface area contributed by atoms with Crippen LogP contribution >= 0.6 is 7.82 Å². The molecule has 0 rings (SSSR count). The lowest BCUT2D eigenvalue weighted by atomic mass is 10.0. The maximum Gasteiger partial charge on any atom is 0.268 e. The molecule has 304 valence electrons. The van der Waals surface area contributed by atoms with Crippen LogP contribution in [0, 0.1) is 0 Å². The number of amides is 1. The Morgan fingerprint density at radius 1 is 0.673 bits per heavy atom. The highest BCUT2D eigenvalue weighted by molar-refractivity contribution is 7.45. The third-order valence-electron chi connectivity index (χ3n) is 9.07. The predicted molar refractivity (Wildman–Crippen MR) is 219 cm³/mol. The third kappa shape index (κ3) is 36.8. The zero-order valence-corrected chi connectivity index (χ0v) is 35.1. The number of unbranched alkanes of at least 4 members (excludes halogenated alkanes) is 16. The highest BCUT2D eigenvalue weighted by Crippen LogP contribution is 2.38. The molecule has 3 atom stereocenters. The number of carbonyl (C=O) groups excluding carboxylic acids is 1. The molecule has 0 aliphatic carbocycles. The number of phosphoric ester groups is 1. The molecular formula is C43H81N2O6P. The number of phosphoric acid groups is 1.